The molecule has 3 unspecified atom stereocenters. The predicted molar refractivity (Wildman–Crippen MR) is 138 cm³/mol. The largest absolute Gasteiger partial charge is 0.405 e. The standard InChI is InChI=1S/C27H37F3N6O3/c1-25(2)35(16-22(37)31-17-27(28,29)30)24(39)26(36(25)20-6-4-3-5-7-20)10-12-34(13-11-26)23(38)18-8-9-21-19(14-18)15-32-33-21/h3-7,18-19,21,32-33H,8-17H2,1-2H3,(H,31,37). The molecule has 5 rings (SSSR count). The fourth-order valence-corrected chi connectivity index (χ4v) is 7.06. The van der Waals surface area contributed by atoms with Gasteiger partial charge in [-0.2, -0.15) is 13.2 Å². The van der Waals surface area contributed by atoms with Crippen molar-refractivity contribution in [1.82, 2.24) is 26.0 Å². The summed E-state index contributed by atoms with van der Waals surface area (Å²) in [5.74, 6) is -0.620. The molecule has 1 aliphatic carbocycles. The molecule has 4 fully saturated rings. The summed E-state index contributed by atoms with van der Waals surface area (Å²) in [6.45, 7) is 3.35. The maximum absolute atomic E-state index is 14.1. The maximum atomic E-state index is 14.1. The van der Waals surface area contributed by atoms with Crippen molar-refractivity contribution in [3.8, 4) is 0 Å². The number of likely N-dealkylation sites (tertiary alicyclic amines) is 1. The molecule has 1 saturated carbocycles. The first-order valence-electron chi connectivity index (χ1n) is 13.7. The Kier molecular flexibility index (Phi) is 7.30. The summed E-state index contributed by atoms with van der Waals surface area (Å²) in [6.07, 6.45) is -1.17. The third-order valence-electron chi connectivity index (χ3n) is 8.97. The first kappa shape index (κ1) is 27.7. The highest BCUT2D eigenvalue weighted by atomic mass is 19.4. The molecule has 4 aliphatic rings. The zero-order valence-corrected chi connectivity index (χ0v) is 22.4. The van der Waals surface area contributed by atoms with Gasteiger partial charge in [-0.05, 0) is 64.0 Å². The van der Waals surface area contributed by atoms with E-state index in [1.165, 1.54) is 4.90 Å². The minimum absolute atomic E-state index is 0.0308. The monoisotopic (exact) mass is 550 g/mol. The second-order valence-corrected chi connectivity index (χ2v) is 11.7. The quantitative estimate of drug-likeness (QED) is 0.519. The lowest BCUT2D eigenvalue weighted by Crippen LogP contribution is -2.60. The number of rotatable bonds is 5. The molecule has 214 valence electrons. The Morgan fingerprint density at radius 3 is 2.46 bits per heavy atom. The van der Waals surface area contributed by atoms with Gasteiger partial charge >= 0.3 is 6.18 Å². The smallest absolute Gasteiger partial charge is 0.345 e. The van der Waals surface area contributed by atoms with Crippen molar-refractivity contribution in [3.05, 3.63) is 30.3 Å². The van der Waals surface area contributed by atoms with Gasteiger partial charge in [0.2, 0.25) is 11.8 Å². The SMILES string of the molecule is CC1(C)N(CC(=O)NCC(F)(F)F)C(=O)C2(CCN(C(=O)C3CCC4NNCC4C3)CC2)N1c1ccccc1. The first-order chi connectivity index (χ1) is 18.4. The van der Waals surface area contributed by atoms with Crippen LogP contribution in [0.2, 0.25) is 0 Å². The van der Waals surface area contributed by atoms with E-state index in [1.54, 1.807) is 0 Å². The normalized spacial score (nSPS) is 28.1. The van der Waals surface area contributed by atoms with E-state index in [9.17, 15) is 27.6 Å². The van der Waals surface area contributed by atoms with Gasteiger partial charge in [-0.1, -0.05) is 18.2 Å². The molecule has 3 atom stereocenters. The second kappa shape index (κ2) is 10.3. The number of benzene rings is 1. The molecule has 12 heteroatoms. The molecule has 3 saturated heterocycles. The summed E-state index contributed by atoms with van der Waals surface area (Å²) >= 11 is 0. The van der Waals surface area contributed by atoms with Crippen LogP contribution in [0.3, 0.4) is 0 Å². The van der Waals surface area contributed by atoms with Crippen molar-refractivity contribution < 1.29 is 27.6 Å². The second-order valence-electron chi connectivity index (χ2n) is 11.7. The molecular formula is C27H37F3N6O3. The number of carbonyl (C=O) groups is 3. The highest BCUT2D eigenvalue weighted by Crippen LogP contribution is 2.47. The fraction of sp³-hybridized carbons (Fsp3) is 0.667. The van der Waals surface area contributed by atoms with Gasteiger partial charge in [-0.25, -0.2) is 0 Å². The van der Waals surface area contributed by atoms with Crippen LogP contribution in [0.25, 0.3) is 0 Å². The summed E-state index contributed by atoms with van der Waals surface area (Å²) in [7, 11) is 0. The molecule has 1 aromatic carbocycles. The number of piperidine rings is 1. The maximum Gasteiger partial charge on any atom is 0.405 e. The molecule has 0 aromatic heterocycles. The molecule has 1 spiro atoms. The Hall–Kier alpha value is -2.86. The lowest BCUT2D eigenvalue weighted by molar-refractivity contribution is -0.145. The number of hydrazine groups is 1. The van der Waals surface area contributed by atoms with Crippen molar-refractivity contribution in [2.45, 2.75) is 69.4 Å². The third kappa shape index (κ3) is 5.20. The average molecular weight is 551 g/mol. The minimum Gasteiger partial charge on any atom is -0.345 e. The number of alkyl halides is 3. The lowest BCUT2D eigenvalue weighted by Gasteiger charge is -2.48. The Morgan fingerprint density at radius 1 is 1.10 bits per heavy atom. The van der Waals surface area contributed by atoms with Gasteiger partial charge in [0.1, 0.15) is 24.3 Å². The van der Waals surface area contributed by atoms with Gasteiger partial charge in [0.15, 0.2) is 0 Å². The van der Waals surface area contributed by atoms with Gasteiger partial charge in [0, 0.05) is 37.3 Å². The molecule has 1 aromatic rings. The number of hydrogen-bond acceptors (Lipinski definition) is 6. The van der Waals surface area contributed by atoms with Crippen molar-refractivity contribution in [2.24, 2.45) is 11.8 Å². The lowest BCUT2D eigenvalue weighted by atomic mass is 9.77. The molecular weight excluding hydrogens is 513 g/mol. The zero-order valence-electron chi connectivity index (χ0n) is 22.4. The first-order valence-corrected chi connectivity index (χ1v) is 13.7. The van der Waals surface area contributed by atoms with Gasteiger partial charge in [0.05, 0.1) is 0 Å². The summed E-state index contributed by atoms with van der Waals surface area (Å²) in [6, 6.07) is 9.80. The highest BCUT2D eigenvalue weighted by molar-refractivity contribution is 5.98. The molecule has 9 nitrogen and oxygen atoms in total. The topological polar surface area (TPSA) is 97.0 Å². The number of fused-ring (bicyclic) bond motifs is 1. The number of halogens is 3. The molecule has 3 heterocycles. The summed E-state index contributed by atoms with van der Waals surface area (Å²) < 4.78 is 38.1. The van der Waals surface area contributed by atoms with E-state index in [1.807, 2.05) is 59.3 Å². The number of nitrogens with zero attached hydrogens (tertiary/aromatic N) is 3. The van der Waals surface area contributed by atoms with E-state index >= 15 is 0 Å². The van der Waals surface area contributed by atoms with E-state index in [0.717, 1.165) is 31.5 Å². The van der Waals surface area contributed by atoms with Crippen LogP contribution < -0.4 is 21.1 Å². The molecule has 0 bridgehead atoms. The molecule has 0 radical (unpaired) electrons. The van der Waals surface area contributed by atoms with Crippen LogP contribution in [0.4, 0.5) is 18.9 Å². The fourth-order valence-electron chi connectivity index (χ4n) is 7.06. The number of anilines is 1. The van der Waals surface area contributed by atoms with Crippen LogP contribution in [-0.4, -0.2) is 83.7 Å². The summed E-state index contributed by atoms with van der Waals surface area (Å²) in [5, 5.41) is 1.89. The van der Waals surface area contributed by atoms with Gasteiger partial charge in [-0.15, -0.1) is 0 Å². The Morgan fingerprint density at radius 2 is 1.79 bits per heavy atom. The van der Waals surface area contributed by atoms with Crippen molar-refractivity contribution >= 4 is 23.4 Å². The zero-order chi connectivity index (χ0) is 28.0. The van der Waals surface area contributed by atoms with Crippen LogP contribution in [-0.2, 0) is 14.4 Å². The minimum atomic E-state index is -4.54. The molecule has 3 aliphatic heterocycles. The van der Waals surface area contributed by atoms with Crippen molar-refractivity contribution in [1.29, 1.82) is 0 Å². The van der Waals surface area contributed by atoms with E-state index in [4.69, 9.17) is 0 Å². The van der Waals surface area contributed by atoms with E-state index < -0.39 is 36.4 Å². The number of carbonyl (C=O) groups excluding carboxylic acids is 3. The highest BCUT2D eigenvalue weighted by Gasteiger charge is 2.62. The predicted octanol–water partition coefficient (Wildman–Crippen LogP) is 2.00. The Labute approximate surface area is 226 Å². The molecule has 39 heavy (non-hydrogen) atoms. The van der Waals surface area contributed by atoms with Crippen molar-refractivity contribution in [2.75, 3.05) is 37.6 Å². The summed E-state index contributed by atoms with van der Waals surface area (Å²) in [5.41, 5.74) is 5.27. The molecule has 3 amide bonds. The van der Waals surface area contributed by atoms with Gasteiger partial charge in [0.25, 0.3) is 5.91 Å². The third-order valence-corrected chi connectivity index (χ3v) is 8.97. The molecule has 3 N–H and O–H groups in total. The number of nitrogens with one attached hydrogen (secondary N) is 3. The van der Waals surface area contributed by atoms with E-state index in [2.05, 4.69) is 10.9 Å². The van der Waals surface area contributed by atoms with Crippen LogP contribution in [0, 0.1) is 11.8 Å². The van der Waals surface area contributed by atoms with E-state index in [-0.39, 0.29) is 17.7 Å². The Bertz CT molecular complexity index is 1090. The summed E-state index contributed by atoms with van der Waals surface area (Å²) in [4.78, 5) is 45.3. The van der Waals surface area contributed by atoms with Crippen LogP contribution >= 0.6 is 0 Å². The van der Waals surface area contributed by atoms with E-state index in [0.29, 0.717) is 37.9 Å². The van der Waals surface area contributed by atoms with Crippen LogP contribution in [0.1, 0.15) is 46.0 Å². The number of amides is 3. The Balaban J connectivity index is 1.34. The van der Waals surface area contributed by atoms with Gasteiger partial charge in [-0.3, -0.25) is 25.2 Å². The van der Waals surface area contributed by atoms with Crippen molar-refractivity contribution in [3.63, 3.8) is 0 Å². The average Bonchev–Trinajstić information content (AvgIpc) is 3.43. The number of para-hydroxylation sites is 1. The van der Waals surface area contributed by atoms with Crippen LogP contribution in [0.5, 0.6) is 0 Å². The number of hydrogen-bond donors (Lipinski definition) is 3. The van der Waals surface area contributed by atoms with Crippen LogP contribution in [0.15, 0.2) is 30.3 Å². The van der Waals surface area contributed by atoms with Gasteiger partial charge < -0.3 is 20.0 Å².